The van der Waals surface area contributed by atoms with Gasteiger partial charge in [0.2, 0.25) is 0 Å². The van der Waals surface area contributed by atoms with Crippen LogP contribution in [0.25, 0.3) is 86.2 Å². The number of carbonyl (C=O) groups excluding carboxylic acids is 4. The lowest BCUT2D eigenvalue weighted by Crippen LogP contribution is -1.87. The molecule has 0 N–H and O–H groups in total. The SMILES string of the molecule is CC(=O)Sc1ccc2ccc3ccc4ccc5ccc(SC(C)=O)cc5c4c3c2c1.CC(=O)Sc1ccc2ccc3ccc4ccc5ccc(SC(C)=O)cc5c4c3c2c1. The van der Waals surface area contributed by atoms with Gasteiger partial charge in [0.05, 0.1) is 0 Å². The van der Waals surface area contributed by atoms with Gasteiger partial charge in [0, 0.05) is 47.3 Å². The number of hydrogen-bond acceptors (Lipinski definition) is 8. The Morgan fingerprint density at radius 2 is 0.433 bits per heavy atom. The van der Waals surface area contributed by atoms with Crippen molar-refractivity contribution in [2.24, 2.45) is 0 Å². The maximum Gasteiger partial charge on any atom is 0.190 e. The molecule has 10 aromatic rings. The van der Waals surface area contributed by atoms with Crippen molar-refractivity contribution in [2.75, 3.05) is 0 Å². The normalized spacial score (nSPS) is 11.5. The van der Waals surface area contributed by atoms with Gasteiger partial charge in [-0.05, 0) is 135 Å². The van der Waals surface area contributed by atoms with E-state index in [4.69, 9.17) is 0 Å². The Morgan fingerprint density at radius 3 is 0.617 bits per heavy atom. The molecule has 8 heteroatoms. The van der Waals surface area contributed by atoms with Gasteiger partial charge in [0.15, 0.2) is 20.5 Å². The molecule has 0 spiro atoms. The summed E-state index contributed by atoms with van der Waals surface area (Å²) in [6.45, 7) is 6.37. The van der Waals surface area contributed by atoms with E-state index in [9.17, 15) is 19.2 Å². The van der Waals surface area contributed by atoms with E-state index >= 15 is 0 Å². The molecule has 0 aliphatic rings. The molecule has 0 saturated heterocycles. The Hall–Kier alpha value is -5.64. The third-order valence-corrected chi connectivity index (χ3v) is 13.6. The van der Waals surface area contributed by atoms with Gasteiger partial charge in [0.1, 0.15) is 0 Å². The van der Waals surface area contributed by atoms with Crippen molar-refractivity contribution >= 4 is 154 Å². The molecule has 0 heterocycles. The van der Waals surface area contributed by atoms with E-state index in [2.05, 4.69) is 121 Å². The number of thioether (sulfide) groups is 4. The fourth-order valence-corrected chi connectivity index (χ4v) is 10.8. The number of carbonyl (C=O) groups is 4. The highest BCUT2D eigenvalue weighted by atomic mass is 32.2. The van der Waals surface area contributed by atoms with E-state index in [1.54, 1.807) is 27.7 Å². The van der Waals surface area contributed by atoms with Crippen molar-refractivity contribution in [3.05, 3.63) is 146 Å². The third-order valence-electron chi connectivity index (χ3n) is 10.5. The van der Waals surface area contributed by atoms with Crippen LogP contribution in [-0.4, -0.2) is 20.5 Å². The van der Waals surface area contributed by atoms with Crippen molar-refractivity contribution in [1.29, 1.82) is 0 Å². The monoisotopic (exact) mass is 852 g/mol. The second kappa shape index (κ2) is 16.4. The smallest absolute Gasteiger partial charge is 0.190 e. The molecule has 0 amide bonds. The minimum atomic E-state index is 0.0794. The van der Waals surface area contributed by atoms with Gasteiger partial charge in [-0.2, -0.15) is 0 Å². The summed E-state index contributed by atoms with van der Waals surface area (Å²) in [4.78, 5) is 50.4. The molecule has 10 rings (SSSR count). The first kappa shape index (κ1) is 39.8. The molecule has 0 bridgehead atoms. The topological polar surface area (TPSA) is 68.3 Å². The molecule has 0 saturated carbocycles. The number of benzene rings is 10. The molecular weight excluding hydrogens is 817 g/mol. The maximum atomic E-state index is 11.7. The highest BCUT2D eigenvalue weighted by molar-refractivity contribution is 8.14. The van der Waals surface area contributed by atoms with E-state index in [1.165, 1.54) is 68.6 Å². The Balaban J connectivity index is 0.000000154. The summed E-state index contributed by atoms with van der Waals surface area (Å²) in [7, 11) is 0. The van der Waals surface area contributed by atoms with Crippen LogP contribution in [0.5, 0.6) is 0 Å². The van der Waals surface area contributed by atoms with E-state index < -0.39 is 0 Å². The number of hydrogen-bond donors (Lipinski definition) is 0. The van der Waals surface area contributed by atoms with Crippen molar-refractivity contribution in [1.82, 2.24) is 0 Å². The summed E-state index contributed by atoms with van der Waals surface area (Å²) >= 11 is 5.04. The largest absolute Gasteiger partial charge is 0.287 e. The van der Waals surface area contributed by atoms with Crippen LogP contribution >= 0.6 is 47.0 Å². The van der Waals surface area contributed by atoms with Crippen molar-refractivity contribution in [3.63, 3.8) is 0 Å². The Kier molecular flexibility index (Phi) is 10.9. The van der Waals surface area contributed by atoms with Crippen LogP contribution in [0.15, 0.2) is 165 Å². The molecule has 0 atom stereocenters. The minimum absolute atomic E-state index is 0.0794. The van der Waals surface area contributed by atoms with Gasteiger partial charge >= 0.3 is 0 Å². The molecule has 0 aromatic heterocycles. The second-order valence-corrected chi connectivity index (χ2v) is 19.7. The average Bonchev–Trinajstić information content (AvgIpc) is 3.22. The van der Waals surface area contributed by atoms with Crippen LogP contribution in [0.1, 0.15) is 27.7 Å². The predicted molar refractivity (Wildman–Crippen MR) is 259 cm³/mol. The number of rotatable bonds is 4. The third kappa shape index (κ3) is 7.88. The van der Waals surface area contributed by atoms with E-state index in [0.717, 1.165) is 84.2 Å². The van der Waals surface area contributed by atoms with Gasteiger partial charge < -0.3 is 0 Å². The molecule has 0 aliphatic carbocycles. The molecular formula is C52H36O4S4. The highest BCUT2D eigenvalue weighted by Gasteiger charge is 2.14. The van der Waals surface area contributed by atoms with Crippen LogP contribution in [0.2, 0.25) is 0 Å². The first-order valence-electron chi connectivity index (χ1n) is 19.4. The quantitative estimate of drug-likeness (QED) is 0.128. The van der Waals surface area contributed by atoms with Crippen LogP contribution in [0, 0.1) is 0 Å². The molecule has 0 unspecified atom stereocenters. The molecule has 60 heavy (non-hydrogen) atoms. The minimum Gasteiger partial charge on any atom is -0.287 e. The van der Waals surface area contributed by atoms with Gasteiger partial charge in [-0.3, -0.25) is 19.2 Å². The van der Waals surface area contributed by atoms with E-state index in [1.807, 2.05) is 24.3 Å². The average molecular weight is 853 g/mol. The van der Waals surface area contributed by atoms with Crippen molar-refractivity contribution in [3.8, 4) is 0 Å². The molecule has 0 fully saturated rings. The molecule has 4 nitrogen and oxygen atoms in total. The maximum absolute atomic E-state index is 11.7. The summed E-state index contributed by atoms with van der Waals surface area (Å²) in [5.41, 5.74) is 0. The Morgan fingerprint density at radius 1 is 0.267 bits per heavy atom. The zero-order chi connectivity index (χ0) is 41.7. The summed E-state index contributed by atoms with van der Waals surface area (Å²) in [6.07, 6.45) is 0. The van der Waals surface area contributed by atoms with Gasteiger partial charge in [-0.15, -0.1) is 0 Å². The first-order chi connectivity index (χ1) is 29.0. The van der Waals surface area contributed by atoms with E-state index in [-0.39, 0.29) is 20.5 Å². The molecule has 10 aromatic carbocycles. The summed E-state index contributed by atoms with van der Waals surface area (Å²) < 4.78 is 0. The lowest BCUT2D eigenvalue weighted by Gasteiger charge is -2.12. The predicted octanol–water partition coefficient (Wildman–Crippen LogP) is 15.2. The number of fused-ring (bicyclic) bond motifs is 14. The van der Waals surface area contributed by atoms with Crippen LogP contribution in [0.4, 0.5) is 0 Å². The van der Waals surface area contributed by atoms with Gasteiger partial charge in [0.25, 0.3) is 0 Å². The van der Waals surface area contributed by atoms with Crippen molar-refractivity contribution < 1.29 is 19.2 Å². The second-order valence-electron chi connectivity index (χ2n) is 14.7. The summed E-state index contributed by atoms with van der Waals surface area (Å²) in [5, 5.41) is 18.9. The fourth-order valence-electron chi connectivity index (χ4n) is 8.21. The summed E-state index contributed by atoms with van der Waals surface area (Å²) in [5.74, 6) is 0. The summed E-state index contributed by atoms with van der Waals surface area (Å²) in [6, 6.07) is 50.6. The zero-order valence-corrected chi connectivity index (χ0v) is 36.4. The lowest BCUT2D eigenvalue weighted by atomic mass is 9.93. The van der Waals surface area contributed by atoms with Gasteiger partial charge in [-0.25, -0.2) is 0 Å². The van der Waals surface area contributed by atoms with Crippen LogP contribution in [-0.2, 0) is 19.2 Å². The fraction of sp³-hybridized carbons (Fsp3) is 0.0769. The van der Waals surface area contributed by atoms with E-state index in [0.29, 0.717) is 0 Å². The molecule has 0 aliphatic heterocycles. The molecule has 292 valence electrons. The zero-order valence-electron chi connectivity index (χ0n) is 33.1. The van der Waals surface area contributed by atoms with Crippen LogP contribution < -0.4 is 0 Å². The Bertz CT molecular complexity index is 2980. The first-order valence-corrected chi connectivity index (χ1v) is 22.6. The van der Waals surface area contributed by atoms with Crippen LogP contribution in [0.3, 0.4) is 0 Å². The standard InChI is InChI=1S/2C26H18O2S2/c2*1-15(27)29-21-11-9-17-3-5-19-7-8-20-6-4-18-10-12-22(30-16(2)28)14-24(18)26(20)25(19)23(17)13-21/h2*3-14H,1-2H3. The Labute approximate surface area is 363 Å². The molecule has 0 radical (unpaired) electrons. The van der Waals surface area contributed by atoms with Crippen molar-refractivity contribution in [2.45, 2.75) is 47.3 Å². The highest BCUT2D eigenvalue weighted by Crippen LogP contribution is 2.41. The van der Waals surface area contributed by atoms with Gasteiger partial charge in [-0.1, -0.05) is 144 Å². The lowest BCUT2D eigenvalue weighted by molar-refractivity contribution is -0.109.